The van der Waals surface area contributed by atoms with Crippen molar-refractivity contribution >= 4 is 27.2 Å². The molecule has 1 aliphatic rings. The van der Waals surface area contributed by atoms with E-state index in [1.165, 1.54) is 11.9 Å². The molecule has 0 bridgehead atoms. The van der Waals surface area contributed by atoms with E-state index in [0.29, 0.717) is 22.2 Å². The third-order valence-corrected chi connectivity index (χ3v) is 6.84. The number of nitrogens with one attached hydrogen (secondary N) is 2. The Hall–Kier alpha value is -3.72. The Kier molecular flexibility index (Phi) is 5.32. The number of imidazole rings is 1. The van der Waals surface area contributed by atoms with Gasteiger partial charge in [0.15, 0.2) is 0 Å². The van der Waals surface area contributed by atoms with Gasteiger partial charge in [-0.25, -0.2) is 23.4 Å². The number of fused-ring (bicyclic) bond motifs is 1. The first kappa shape index (κ1) is 20.2. The highest BCUT2D eigenvalue weighted by molar-refractivity contribution is 7.92. The highest BCUT2D eigenvalue weighted by Gasteiger charge is 2.18. The number of sulfonamides is 1. The minimum Gasteiger partial charge on any atom is -0.340 e. The van der Waals surface area contributed by atoms with E-state index in [-0.39, 0.29) is 0 Å². The summed E-state index contributed by atoms with van der Waals surface area (Å²) in [4.78, 5) is 12.8. The molecule has 0 spiro atoms. The maximum Gasteiger partial charge on any atom is 0.261 e. The lowest BCUT2D eigenvalue weighted by Crippen LogP contribution is -2.14. The predicted molar refractivity (Wildman–Crippen MR) is 123 cm³/mol. The molecular weight excluding hydrogens is 424 g/mol. The molecule has 0 saturated carbocycles. The largest absolute Gasteiger partial charge is 0.340 e. The highest BCUT2D eigenvalue weighted by Crippen LogP contribution is 2.26. The molecule has 1 aliphatic carbocycles. The van der Waals surface area contributed by atoms with Crippen LogP contribution in [0.3, 0.4) is 0 Å². The first-order valence-corrected chi connectivity index (χ1v) is 11.9. The molecule has 2 N–H and O–H groups in total. The van der Waals surface area contributed by atoms with Crippen LogP contribution in [-0.2, 0) is 22.9 Å². The van der Waals surface area contributed by atoms with Gasteiger partial charge in [-0.1, -0.05) is 6.07 Å². The van der Waals surface area contributed by atoms with E-state index in [1.807, 2.05) is 6.07 Å². The van der Waals surface area contributed by atoms with E-state index >= 15 is 0 Å². The molecule has 5 rings (SSSR count). The molecular formula is C23H22N6O2S. The Morgan fingerprint density at radius 3 is 2.44 bits per heavy atom. The van der Waals surface area contributed by atoms with E-state index in [4.69, 9.17) is 0 Å². The second kappa shape index (κ2) is 8.43. The molecule has 162 valence electrons. The first-order valence-electron chi connectivity index (χ1n) is 10.4. The van der Waals surface area contributed by atoms with Gasteiger partial charge in [0.1, 0.15) is 24.3 Å². The summed E-state index contributed by atoms with van der Waals surface area (Å²) in [5.74, 6) is 1.31. The van der Waals surface area contributed by atoms with Crippen molar-refractivity contribution in [3.05, 3.63) is 84.7 Å². The fourth-order valence-corrected chi connectivity index (χ4v) is 4.92. The summed E-state index contributed by atoms with van der Waals surface area (Å²) in [6.45, 7) is 0. The van der Waals surface area contributed by atoms with Crippen molar-refractivity contribution in [3.63, 3.8) is 0 Å². The molecule has 2 heterocycles. The van der Waals surface area contributed by atoms with Crippen molar-refractivity contribution < 1.29 is 8.42 Å². The molecule has 2 aromatic heterocycles. The lowest BCUT2D eigenvalue weighted by molar-refractivity contribution is 0.600. The van der Waals surface area contributed by atoms with Crippen molar-refractivity contribution in [2.45, 2.75) is 30.6 Å². The SMILES string of the molecule is O=S(=O)(Nc1ccc(Nc2cc(-n3ccnc3)ncn2)cc1)c1ccc2c(c1)CCCC2. The monoisotopic (exact) mass is 446 g/mol. The van der Waals surface area contributed by atoms with E-state index < -0.39 is 10.0 Å². The zero-order valence-electron chi connectivity index (χ0n) is 17.3. The van der Waals surface area contributed by atoms with Gasteiger partial charge in [0.25, 0.3) is 10.0 Å². The van der Waals surface area contributed by atoms with Gasteiger partial charge in [-0.2, -0.15) is 0 Å². The fraction of sp³-hybridized carbons (Fsp3) is 0.174. The lowest BCUT2D eigenvalue weighted by Gasteiger charge is -2.17. The Labute approximate surface area is 186 Å². The number of anilines is 3. The van der Waals surface area contributed by atoms with Crippen LogP contribution in [0, 0.1) is 0 Å². The van der Waals surface area contributed by atoms with Gasteiger partial charge >= 0.3 is 0 Å². The number of nitrogens with zero attached hydrogens (tertiary/aromatic N) is 4. The molecule has 0 saturated heterocycles. The molecule has 0 aliphatic heterocycles. The van der Waals surface area contributed by atoms with Crippen LogP contribution in [0.15, 0.2) is 78.5 Å². The van der Waals surface area contributed by atoms with Crippen molar-refractivity contribution in [1.29, 1.82) is 0 Å². The summed E-state index contributed by atoms with van der Waals surface area (Å²) in [5, 5.41) is 3.20. The molecule has 0 atom stereocenters. The molecule has 2 aromatic carbocycles. The zero-order valence-corrected chi connectivity index (χ0v) is 18.1. The highest BCUT2D eigenvalue weighted by atomic mass is 32.2. The minimum absolute atomic E-state index is 0.299. The van der Waals surface area contributed by atoms with E-state index in [0.717, 1.165) is 36.9 Å². The van der Waals surface area contributed by atoms with Crippen LogP contribution in [0.5, 0.6) is 0 Å². The van der Waals surface area contributed by atoms with Crippen LogP contribution in [0.2, 0.25) is 0 Å². The average molecular weight is 447 g/mol. The third-order valence-electron chi connectivity index (χ3n) is 5.46. The average Bonchev–Trinajstić information content (AvgIpc) is 3.35. The van der Waals surface area contributed by atoms with Gasteiger partial charge in [-0.3, -0.25) is 9.29 Å². The van der Waals surface area contributed by atoms with Crippen LogP contribution in [-0.4, -0.2) is 27.9 Å². The number of aromatic nitrogens is 4. The Morgan fingerprint density at radius 2 is 1.66 bits per heavy atom. The fourth-order valence-electron chi connectivity index (χ4n) is 3.81. The summed E-state index contributed by atoms with van der Waals surface area (Å²) < 4.78 is 30.2. The second-order valence-corrected chi connectivity index (χ2v) is 9.36. The van der Waals surface area contributed by atoms with Crippen LogP contribution in [0.4, 0.5) is 17.2 Å². The van der Waals surface area contributed by atoms with Crippen LogP contribution < -0.4 is 10.0 Å². The minimum atomic E-state index is -3.65. The molecule has 4 aromatic rings. The summed E-state index contributed by atoms with van der Waals surface area (Å²) in [6, 6.07) is 14.3. The first-order chi connectivity index (χ1) is 15.6. The van der Waals surface area contributed by atoms with Crippen LogP contribution in [0.25, 0.3) is 5.82 Å². The number of aryl methyl sites for hydroxylation is 2. The smallest absolute Gasteiger partial charge is 0.261 e. The molecule has 0 unspecified atom stereocenters. The molecule has 8 nitrogen and oxygen atoms in total. The van der Waals surface area contributed by atoms with Crippen molar-refractivity contribution in [3.8, 4) is 5.82 Å². The summed E-state index contributed by atoms with van der Waals surface area (Å²) in [5.41, 5.74) is 3.66. The molecule has 0 fully saturated rings. The van der Waals surface area contributed by atoms with E-state index in [9.17, 15) is 8.42 Å². The summed E-state index contributed by atoms with van der Waals surface area (Å²) in [6.07, 6.45) is 10.8. The lowest BCUT2D eigenvalue weighted by atomic mass is 9.92. The molecule has 32 heavy (non-hydrogen) atoms. The Bertz CT molecular complexity index is 1340. The maximum absolute atomic E-state index is 12.9. The van der Waals surface area contributed by atoms with Crippen molar-refractivity contribution in [2.24, 2.45) is 0 Å². The standard InChI is InChI=1S/C23H22N6O2S/c30-32(31,21-10-5-17-3-1-2-4-18(17)13-21)28-20-8-6-19(7-9-20)27-22-14-23(26-15-25-22)29-12-11-24-16-29/h5-16,28H,1-4H2,(H,25,26,27). The predicted octanol–water partition coefficient (Wildman–Crippen LogP) is 4.09. The van der Waals surface area contributed by atoms with Gasteiger partial charge in [0.05, 0.1) is 4.90 Å². The zero-order chi connectivity index (χ0) is 22.0. The number of hydrogen-bond acceptors (Lipinski definition) is 6. The van der Waals surface area contributed by atoms with Crippen LogP contribution >= 0.6 is 0 Å². The van der Waals surface area contributed by atoms with E-state index in [1.54, 1.807) is 65.8 Å². The number of benzene rings is 2. The Morgan fingerprint density at radius 1 is 0.875 bits per heavy atom. The third kappa shape index (κ3) is 4.33. The van der Waals surface area contributed by atoms with Gasteiger partial charge < -0.3 is 5.32 Å². The topological polar surface area (TPSA) is 102 Å². The second-order valence-electron chi connectivity index (χ2n) is 7.68. The summed E-state index contributed by atoms with van der Waals surface area (Å²) >= 11 is 0. The quantitative estimate of drug-likeness (QED) is 0.463. The van der Waals surface area contributed by atoms with Gasteiger partial charge in [-0.05, 0) is 73.2 Å². The Balaban J connectivity index is 1.29. The van der Waals surface area contributed by atoms with Gasteiger partial charge in [-0.15, -0.1) is 0 Å². The van der Waals surface area contributed by atoms with Crippen molar-refractivity contribution in [2.75, 3.05) is 10.0 Å². The maximum atomic E-state index is 12.9. The molecule has 0 radical (unpaired) electrons. The van der Waals surface area contributed by atoms with Gasteiger partial charge in [0, 0.05) is 29.8 Å². The summed E-state index contributed by atoms with van der Waals surface area (Å²) in [7, 11) is -3.65. The van der Waals surface area contributed by atoms with Crippen LogP contribution in [0.1, 0.15) is 24.0 Å². The van der Waals surface area contributed by atoms with Crippen molar-refractivity contribution in [1.82, 2.24) is 19.5 Å². The number of hydrogen-bond donors (Lipinski definition) is 2. The van der Waals surface area contributed by atoms with E-state index in [2.05, 4.69) is 25.0 Å². The van der Waals surface area contributed by atoms with Gasteiger partial charge in [0.2, 0.25) is 0 Å². The number of rotatable bonds is 6. The normalized spacial score (nSPS) is 13.4. The molecule has 9 heteroatoms. The molecule has 0 amide bonds.